The van der Waals surface area contributed by atoms with Gasteiger partial charge in [0.25, 0.3) is 0 Å². The lowest BCUT2D eigenvalue weighted by Gasteiger charge is -2.16. The molecule has 0 saturated carbocycles. The third-order valence-electron chi connectivity index (χ3n) is 2.44. The average molecular weight is 220 g/mol. The zero-order valence-electron chi connectivity index (χ0n) is 9.47. The monoisotopic (exact) mass is 220 g/mol. The van der Waals surface area contributed by atoms with E-state index in [1.165, 1.54) is 12.3 Å². The summed E-state index contributed by atoms with van der Waals surface area (Å²) in [6.07, 6.45) is 1.51. The molecule has 84 valence electrons. The van der Waals surface area contributed by atoms with Gasteiger partial charge in [0.2, 0.25) is 0 Å². The molecular formula is C12H13FN2O. The number of benzene rings is 1. The van der Waals surface area contributed by atoms with Gasteiger partial charge in [0.15, 0.2) is 5.78 Å². The highest BCUT2D eigenvalue weighted by Gasteiger charge is 2.24. The lowest BCUT2D eigenvalue weighted by Crippen LogP contribution is -2.20. The highest BCUT2D eigenvalue weighted by molar-refractivity contribution is 6.02. The molecule has 0 aliphatic carbocycles. The van der Waals surface area contributed by atoms with Crippen molar-refractivity contribution in [3.63, 3.8) is 0 Å². The van der Waals surface area contributed by atoms with E-state index in [9.17, 15) is 9.18 Å². The summed E-state index contributed by atoms with van der Waals surface area (Å²) >= 11 is 0. The van der Waals surface area contributed by atoms with Crippen molar-refractivity contribution in [1.82, 2.24) is 10.2 Å². The van der Waals surface area contributed by atoms with E-state index in [2.05, 4.69) is 10.2 Å². The van der Waals surface area contributed by atoms with E-state index in [1.807, 2.05) is 20.8 Å². The zero-order chi connectivity index (χ0) is 11.9. The number of nitrogens with zero attached hydrogens (tertiary/aromatic N) is 1. The Morgan fingerprint density at radius 1 is 1.38 bits per heavy atom. The molecule has 16 heavy (non-hydrogen) atoms. The summed E-state index contributed by atoms with van der Waals surface area (Å²) in [6, 6.07) is 2.92. The number of hydrogen-bond acceptors (Lipinski definition) is 2. The molecule has 2 rings (SSSR count). The molecule has 0 fully saturated rings. The first-order valence-corrected chi connectivity index (χ1v) is 5.07. The summed E-state index contributed by atoms with van der Waals surface area (Å²) in [4.78, 5) is 12.0. The van der Waals surface area contributed by atoms with Gasteiger partial charge in [0.1, 0.15) is 11.3 Å². The van der Waals surface area contributed by atoms with Crippen LogP contribution in [-0.4, -0.2) is 16.0 Å². The summed E-state index contributed by atoms with van der Waals surface area (Å²) in [5.74, 6) is -0.517. The maximum Gasteiger partial charge on any atom is 0.168 e. The number of Topliss-reactive ketones (excluding diaryl/α,β-unsaturated/α-hetero) is 1. The summed E-state index contributed by atoms with van der Waals surface area (Å²) < 4.78 is 13.6. The number of rotatable bonds is 1. The van der Waals surface area contributed by atoms with Crippen molar-refractivity contribution in [1.29, 1.82) is 0 Å². The van der Waals surface area contributed by atoms with Crippen molar-refractivity contribution in [3.8, 4) is 0 Å². The molecule has 0 atom stereocenters. The summed E-state index contributed by atoms with van der Waals surface area (Å²) in [6.45, 7) is 5.44. The van der Waals surface area contributed by atoms with Crippen molar-refractivity contribution in [2.24, 2.45) is 5.41 Å². The maximum atomic E-state index is 13.6. The number of halogens is 1. The first-order chi connectivity index (χ1) is 7.39. The summed E-state index contributed by atoms with van der Waals surface area (Å²) in [7, 11) is 0. The second-order valence-electron chi connectivity index (χ2n) is 4.87. The van der Waals surface area contributed by atoms with Crippen LogP contribution >= 0.6 is 0 Å². The van der Waals surface area contributed by atoms with Gasteiger partial charge < -0.3 is 0 Å². The van der Waals surface area contributed by atoms with E-state index in [0.717, 1.165) is 0 Å². The second kappa shape index (κ2) is 3.40. The Morgan fingerprint density at radius 3 is 2.69 bits per heavy atom. The molecule has 0 saturated heterocycles. The largest absolute Gasteiger partial charge is 0.294 e. The second-order valence-corrected chi connectivity index (χ2v) is 4.87. The van der Waals surface area contributed by atoms with Crippen molar-refractivity contribution >= 4 is 16.7 Å². The summed E-state index contributed by atoms with van der Waals surface area (Å²) in [5.41, 5.74) is 0.216. The predicted molar refractivity (Wildman–Crippen MR) is 59.8 cm³/mol. The number of aromatic amines is 1. The van der Waals surface area contributed by atoms with E-state index < -0.39 is 11.2 Å². The third kappa shape index (κ3) is 1.71. The SMILES string of the molecule is CC(C)(C)C(=O)c1cc(F)c2[nH]ncc2c1. The number of carbonyl (C=O) groups excluding carboxylic acids is 1. The molecule has 3 nitrogen and oxygen atoms in total. The number of ketones is 1. The molecule has 2 aromatic rings. The van der Waals surface area contributed by atoms with Crippen LogP contribution in [0.15, 0.2) is 18.3 Å². The van der Waals surface area contributed by atoms with Crippen LogP contribution in [0.5, 0.6) is 0 Å². The van der Waals surface area contributed by atoms with Gasteiger partial charge in [-0.1, -0.05) is 20.8 Å². The smallest absolute Gasteiger partial charge is 0.168 e. The standard InChI is InChI=1S/C12H13FN2O/c1-12(2,3)11(16)7-4-8-6-14-15-10(8)9(13)5-7/h4-6H,1-3H3,(H,14,15). The Balaban J connectivity index is 2.58. The molecule has 0 spiro atoms. The van der Waals surface area contributed by atoms with Gasteiger partial charge in [0, 0.05) is 16.4 Å². The number of aromatic nitrogens is 2. The van der Waals surface area contributed by atoms with E-state index in [-0.39, 0.29) is 5.78 Å². The molecule has 0 amide bonds. The molecule has 1 N–H and O–H groups in total. The number of hydrogen-bond donors (Lipinski definition) is 1. The van der Waals surface area contributed by atoms with Crippen molar-refractivity contribution in [2.75, 3.05) is 0 Å². The highest BCUT2D eigenvalue weighted by atomic mass is 19.1. The van der Waals surface area contributed by atoms with Gasteiger partial charge >= 0.3 is 0 Å². The number of nitrogens with one attached hydrogen (secondary N) is 1. The van der Waals surface area contributed by atoms with Crippen LogP contribution in [0.25, 0.3) is 10.9 Å². The van der Waals surface area contributed by atoms with Gasteiger partial charge in [-0.2, -0.15) is 5.10 Å². The maximum absolute atomic E-state index is 13.6. The predicted octanol–water partition coefficient (Wildman–Crippen LogP) is 2.93. The highest BCUT2D eigenvalue weighted by Crippen LogP contribution is 2.24. The van der Waals surface area contributed by atoms with Gasteiger partial charge in [-0.3, -0.25) is 9.89 Å². The molecule has 1 heterocycles. The van der Waals surface area contributed by atoms with Gasteiger partial charge in [-0.25, -0.2) is 4.39 Å². The number of fused-ring (bicyclic) bond motifs is 1. The first kappa shape index (κ1) is 10.8. The fourth-order valence-electron chi connectivity index (χ4n) is 1.58. The number of H-pyrrole nitrogens is 1. The molecule has 1 aromatic carbocycles. The van der Waals surface area contributed by atoms with Crippen LogP contribution < -0.4 is 0 Å². The van der Waals surface area contributed by atoms with Crippen LogP contribution in [0.3, 0.4) is 0 Å². The van der Waals surface area contributed by atoms with Crippen LogP contribution in [0, 0.1) is 11.2 Å². The Morgan fingerprint density at radius 2 is 2.06 bits per heavy atom. The van der Waals surface area contributed by atoms with E-state index in [0.29, 0.717) is 16.5 Å². The molecule has 0 radical (unpaired) electrons. The van der Waals surface area contributed by atoms with E-state index >= 15 is 0 Å². The van der Waals surface area contributed by atoms with Gasteiger partial charge in [-0.05, 0) is 12.1 Å². The van der Waals surface area contributed by atoms with Gasteiger partial charge in [-0.15, -0.1) is 0 Å². The third-order valence-corrected chi connectivity index (χ3v) is 2.44. The average Bonchev–Trinajstić information content (AvgIpc) is 2.63. The summed E-state index contributed by atoms with van der Waals surface area (Å²) in [5, 5.41) is 6.92. The quantitative estimate of drug-likeness (QED) is 0.751. The molecule has 0 aliphatic rings. The topological polar surface area (TPSA) is 45.8 Å². The first-order valence-electron chi connectivity index (χ1n) is 5.07. The van der Waals surface area contributed by atoms with E-state index in [1.54, 1.807) is 6.07 Å². The molecule has 4 heteroatoms. The minimum Gasteiger partial charge on any atom is -0.294 e. The molecule has 1 aromatic heterocycles. The molecule has 0 aliphatic heterocycles. The Bertz CT molecular complexity index is 552. The molecule has 0 unspecified atom stereocenters. The van der Waals surface area contributed by atoms with Crippen molar-refractivity contribution in [2.45, 2.75) is 20.8 Å². The Hall–Kier alpha value is -1.71. The van der Waals surface area contributed by atoms with Crippen LogP contribution in [-0.2, 0) is 0 Å². The van der Waals surface area contributed by atoms with E-state index in [4.69, 9.17) is 0 Å². The van der Waals surface area contributed by atoms with Gasteiger partial charge in [0.05, 0.1) is 6.20 Å². The van der Waals surface area contributed by atoms with Crippen LogP contribution in [0.1, 0.15) is 31.1 Å². The van der Waals surface area contributed by atoms with Crippen molar-refractivity contribution in [3.05, 3.63) is 29.7 Å². The molecular weight excluding hydrogens is 207 g/mol. The Labute approximate surface area is 92.7 Å². The lowest BCUT2D eigenvalue weighted by atomic mass is 9.86. The number of carbonyl (C=O) groups is 1. The fourth-order valence-corrected chi connectivity index (χ4v) is 1.58. The van der Waals surface area contributed by atoms with Crippen molar-refractivity contribution < 1.29 is 9.18 Å². The van der Waals surface area contributed by atoms with Crippen LogP contribution in [0.4, 0.5) is 4.39 Å². The Kier molecular flexibility index (Phi) is 2.30. The minimum atomic E-state index is -0.510. The minimum absolute atomic E-state index is 0.0745. The lowest BCUT2D eigenvalue weighted by molar-refractivity contribution is 0.0858. The molecule has 0 bridgehead atoms. The zero-order valence-corrected chi connectivity index (χ0v) is 9.47. The van der Waals surface area contributed by atoms with Crippen LogP contribution in [0.2, 0.25) is 0 Å². The fraction of sp³-hybridized carbons (Fsp3) is 0.333. The normalized spacial score (nSPS) is 12.0.